The molecule has 0 saturated carbocycles. The summed E-state index contributed by atoms with van der Waals surface area (Å²) in [6.07, 6.45) is 0. The van der Waals surface area contributed by atoms with Crippen LogP contribution in [0.5, 0.6) is 5.75 Å². The van der Waals surface area contributed by atoms with Crippen LogP contribution in [-0.2, 0) is 9.53 Å². The lowest BCUT2D eigenvalue weighted by molar-refractivity contribution is -0.141. The number of esters is 1. The number of ether oxygens (including phenoxy) is 2. The van der Waals surface area contributed by atoms with E-state index in [0.717, 1.165) is 17.9 Å². The van der Waals surface area contributed by atoms with Gasteiger partial charge in [-0.15, -0.1) is 0 Å². The fraction of sp³-hybridized carbons (Fsp3) is 0.533. The van der Waals surface area contributed by atoms with Gasteiger partial charge in [0.1, 0.15) is 12.4 Å². The molecule has 0 amide bonds. The van der Waals surface area contributed by atoms with Gasteiger partial charge in [0, 0.05) is 6.54 Å². The van der Waals surface area contributed by atoms with Crippen molar-refractivity contribution >= 4 is 5.97 Å². The Balaban J connectivity index is 2.43. The molecule has 1 rings (SSSR count). The van der Waals surface area contributed by atoms with Gasteiger partial charge in [-0.05, 0) is 37.6 Å². The number of nitrogens with zero attached hydrogens (tertiary/aromatic N) is 1. The maximum absolute atomic E-state index is 11.2. The maximum Gasteiger partial charge on any atom is 0.319 e. The van der Waals surface area contributed by atoms with Crippen molar-refractivity contribution in [3.63, 3.8) is 0 Å². The van der Waals surface area contributed by atoms with Crippen molar-refractivity contribution in [2.45, 2.75) is 20.8 Å². The molecule has 0 unspecified atom stereocenters. The minimum Gasteiger partial charge on any atom is -0.492 e. The first kappa shape index (κ1) is 15.5. The van der Waals surface area contributed by atoms with Crippen molar-refractivity contribution in [2.75, 3.05) is 33.4 Å². The smallest absolute Gasteiger partial charge is 0.319 e. The van der Waals surface area contributed by atoms with Crippen LogP contribution in [0.4, 0.5) is 0 Å². The molecule has 0 fully saturated rings. The quantitative estimate of drug-likeness (QED) is 0.708. The number of carbonyl (C=O) groups excluding carboxylic acids is 1. The van der Waals surface area contributed by atoms with Crippen molar-refractivity contribution < 1.29 is 14.3 Å². The van der Waals surface area contributed by atoms with Gasteiger partial charge in [0.05, 0.1) is 13.7 Å². The van der Waals surface area contributed by atoms with E-state index in [1.54, 1.807) is 0 Å². The predicted molar refractivity (Wildman–Crippen MR) is 75.5 cm³/mol. The lowest BCUT2D eigenvalue weighted by Crippen LogP contribution is -2.33. The fourth-order valence-corrected chi connectivity index (χ4v) is 1.74. The van der Waals surface area contributed by atoms with Gasteiger partial charge in [0.2, 0.25) is 0 Å². The zero-order valence-electron chi connectivity index (χ0n) is 12.2. The van der Waals surface area contributed by atoms with Gasteiger partial charge < -0.3 is 9.47 Å². The molecule has 0 aliphatic heterocycles. The number of hydrogen-bond donors (Lipinski definition) is 0. The Hall–Kier alpha value is -1.55. The molecular weight excluding hydrogens is 242 g/mol. The van der Waals surface area contributed by atoms with E-state index in [0.29, 0.717) is 19.7 Å². The Morgan fingerprint density at radius 1 is 1.32 bits per heavy atom. The van der Waals surface area contributed by atoms with Crippen molar-refractivity contribution in [2.24, 2.45) is 0 Å². The third-order valence-corrected chi connectivity index (χ3v) is 3.04. The number of methoxy groups -OCH3 is 1. The minimum absolute atomic E-state index is 0.214. The fourth-order valence-electron chi connectivity index (χ4n) is 1.74. The van der Waals surface area contributed by atoms with E-state index >= 15 is 0 Å². The molecule has 0 spiro atoms. The Kier molecular flexibility index (Phi) is 6.36. The highest BCUT2D eigenvalue weighted by molar-refractivity contribution is 5.71. The molecule has 0 N–H and O–H groups in total. The molecule has 0 aromatic heterocycles. The van der Waals surface area contributed by atoms with Gasteiger partial charge >= 0.3 is 5.97 Å². The Morgan fingerprint density at radius 3 is 2.68 bits per heavy atom. The van der Waals surface area contributed by atoms with Crippen LogP contribution in [0.1, 0.15) is 18.1 Å². The van der Waals surface area contributed by atoms with E-state index in [-0.39, 0.29) is 5.97 Å². The predicted octanol–water partition coefficient (Wildman–Crippen LogP) is 2.18. The van der Waals surface area contributed by atoms with E-state index in [9.17, 15) is 4.79 Å². The Labute approximate surface area is 115 Å². The molecule has 19 heavy (non-hydrogen) atoms. The number of aryl methyl sites for hydroxylation is 2. The number of hydrogen-bond acceptors (Lipinski definition) is 4. The summed E-state index contributed by atoms with van der Waals surface area (Å²) in [5.74, 6) is 0.697. The molecule has 1 aromatic carbocycles. The van der Waals surface area contributed by atoms with Gasteiger partial charge in [-0.25, -0.2) is 0 Å². The first-order chi connectivity index (χ1) is 9.06. The van der Waals surface area contributed by atoms with Gasteiger partial charge in [-0.1, -0.05) is 19.1 Å². The summed E-state index contributed by atoms with van der Waals surface area (Å²) in [4.78, 5) is 13.2. The number of carbonyl (C=O) groups is 1. The highest BCUT2D eigenvalue weighted by Crippen LogP contribution is 2.18. The average molecular weight is 265 g/mol. The van der Waals surface area contributed by atoms with Crippen LogP contribution < -0.4 is 4.74 Å². The molecule has 0 bridgehead atoms. The van der Waals surface area contributed by atoms with Gasteiger partial charge in [-0.3, -0.25) is 9.69 Å². The molecule has 0 aliphatic rings. The second kappa shape index (κ2) is 7.79. The zero-order chi connectivity index (χ0) is 14.3. The van der Waals surface area contributed by atoms with Crippen LogP contribution in [-0.4, -0.2) is 44.2 Å². The van der Waals surface area contributed by atoms with Crippen LogP contribution in [0, 0.1) is 13.8 Å². The van der Waals surface area contributed by atoms with Crippen LogP contribution in [0.25, 0.3) is 0 Å². The summed E-state index contributed by atoms with van der Waals surface area (Å²) >= 11 is 0. The maximum atomic E-state index is 11.2. The SMILES string of the molecule is CCN(CCOc1cc(C)ccc1C)CC(=O)OC. The van der Waals surface area contributed by atoms with Crippen LogP contribution in [0.15, 0.2) is 18.2 Å². The Bertz CT molecular complexity index is 418. The topological polar surface area (TPSA) is 38.8 Å². The number of rotatable bonds is 7. The van der Waals surface area contributed by atoms with Crippen molar-refractivity contribution in [3.8, 4) is 5.75 Å². The average Bonchev–Trinajstić information content (AvgIpc) is 2.41. The molecule has 4 nitrogen and oxygen atoms in total. The van der Waals surface area contributed by atoms with E-state index in [1.165, 1.54) is 12.7 Å². The van der Waals surface area contributed by atoms with Gasteiger partial charge in [0.25, 0.3) is 0 Å². The second-order valence-electron chi connectivity index (χ2n) is 4.56. The highest BCUT2D eigenvalue weighted by Gasteiger charge is 2.09. The summed E-state index contributed by atoms with van der Waals surface area (Å²) < 4.78 is 10.4. The number of benzene rings is 1. The molecule has 4 heteroatoms. The summed E-state index contributed by atoms with van der Waals surface area (Å²) in [5.41, 5.74) is 2.31. The van der Waals surface area contributed by atoms with E-state index in [1.807, 2.05) is 31.7 Å². The molecular formula is C15H23NO3. The van der Waals surface area contributed by atoms with Crippen LogP contribution >= 0.6 is 0 Å². The van der Waals surface area contributed by atoms with Crippen LogP contribution in [0.2, 0.25) is 0 Å². The molecule has 0 saturated heterocycles. The summed E-state index contributed by atoms with van der Waals surface area (Å²) in [5, 5.41) is 0. The molecule has 1 aromatic rings. The van der Waals surface area contributed by atoms with Crippen molar-refractivity contribution in [1.29, 1.82) is 0 Å². The van der Waals surface area contributed by atoms with E-state index in [4.69, 9.17) is 4.74 Å². The van der Waals surface area contributed by atoms with Crippen LogP contribution in [0.3, 0.4) is 0 Å². The monoisotopic (exact) mass is 265 g/mol. The second-order valence-corrected chi connectivity index (χ2v) is 4.56. The highest BCUT2D eigenvalue weighted by atomic mass is 16.5. The molecule has 0 atom stereocenters. The molecule has 0 aliphatic carbocycles. The first-order valence-corrected chi connectivity index (χ1v) is 6.56. The van der Waals surface area contributed by atoms with Gasteiger partial charge in [0.15, 0.2) is 0 Å². The zero-order valence-corrected chi connectivity index (χ0v) is 12.2. The van der Waals surface area contributed by atoms with E-state index < -0.39 is 0 Å². The Morgan fingerprint density at radius 2 is 2.05 bits per heavy atom. The minimum atomic E-state index is -0.214. The lowest BCUT2D eigenvalue weighted by Gasteiger charge is -2.19. The molecule has 0 radical (unpaired) electrons. The number of likely N-dealkylation sites (N-methyl/N-ethyl adjacent to an activating group) is 1. The van der Waals surface area contributed by atoms with Gasteiger partial charge in [-0.2, -0.15) is 0 Å². The van der Waals surface area contributed by atoms with Crippen molar-refractivity contribution in [1.82, 2.24) is 4.90 Å². The third kappa shape index (κ3) is 5.30. The summed E-state index contributed by atoms with van der Waals surface area (Å²) in [6.45, 7) is 8.46. The first-order valence-electron chi connectivity index (χ1n) is 6.56. The summed E-state index contributed by atoms with van der Waals surface area (Å²) in [6, 6.07) is 6.15. The third-order valence-electron chi connectivity index (χ3n) is 3.04. The standard InChI is InChI=1S/C15H23NO3/c1-5-16(11-15(17)18-4)8-9-19-14-10-12(2)6-7-13(14)3/h6-7,10H,5,8-9,11H2,1-4H3. The van der Waals surface area contributed by atoms with Crippen molar-refractivity contribution in [3.05, 3.63) is 29.3 Å². The largest absolute Gasteiger partial charge is 0.492 e. The normalized spacial score (nSPS) is 10.6. The lowest BCUT2D eigenvalue weighted by atomic mass is 10.1. The molecule has 106 valence electrons. The van der Waals surface area contributed by atoms with E-state index in [2.05, 4.69) is 16.9 Å². The summed E-state index contributed by atoms with van der Waals surface area (Å²) in [7, 11) is 1.41. The molecule has 0 heterocycles.